The Morgan fingerprint density at radius 3 is 2.67 bits per heavy atom. The summed E-state index contributed by atoms with van der Waals surface area (Å²) in [6.07, 6.45) is 1.02. The number of thioether (sulfide) groups is 2. The Morgan fingerprint density at radius 1 is 1.42 bits per heavy atom. The fourth-order valence-corrected chi connectivity index (χ4v) is 5.99. The summed E-state index contributed by atoms with van der Waals surface area (Å²) in [7, 11) is 0. The van der Waals surface area contributed by atoms with E-state index in [2.05, 4.69) is 15.6 Å². The van der Waals surface area contributed by atoms with Gasteiger partial charge in [-0.25, -0.2) is 14.6 Å². The summed E-state index contributed by atoms with van der Waals surface area (Å²) in [6.45, 7) is 5.05. The molecule has 180 valence electrons. The highest BCUT2D eigenvalue weighted by molar-refractivity contribution is 8.00. The Bertz CT molecular complexity index is 1000. The molecule has 0 radical (unpaired) electrons. The van der Waals surface area contributed by atoms with Gasteiger partial charge in [0.1, 0.15) is 22.7 Å². The number of nitrogen functional groups attached to an aromatic ring is 1. The van der Waals surface area contributed by atoms with E-state index >= 15 is 0 Å². The topological polar surface area (TPSA) is 164 Å². The van der Waals surface area contributed by atoms with Gasteiger partial charge in [0.25, 0.3) is 5.91 Å². The van der Waals surface area contributed by atoms with E-state index in [1.165, 1.54) is 33.8 Å². The van der Waals surface area contributed by atoms with Crippen LogP contribution in [0.25, 0.3) is 0 Å². The zero-order chi connectivity index (χ0) is 24.5. The third-order valence-electron chi connectivity index (χ3n) is 4.62. The lowest BCUT2D eigenvalue weighted by Gasteiger charge is -2.49. The number of β-lactam (4-membered cyclic amide) rings is 1. The van der Waals surface area contributed by atoms with Gasteiger partial charge in [-0.15, -0.1) is 23.1 Å². The number of amides is 3. The molecule has 0 spiro atoms. The van der Waals surface area contributed by atoms with Crippen LogP contribution in [0.5, 0.6) is 0 Å². The number of carboxylic acid groups (broad SMARTS) is 1. The van der Waals surface area contributed by atoms with Gasteiger partial charge in [0.05, 0.1) is 5.69 Å². The minimum Gasteiger partial charge on any atom is -0.477 e. The Hall–Kier alpha value is -2.45. The second-order valence-corrected chi connectivity index (χ2v) is 11.1. The molecule has 1 aromatic heterocycles. The number of hydrogen-bond donors (Lipinski definition) is 4. The first kappa shape index (κ1) is 25.2. The van der Waals surface area contributed by atoms with E-state index in [9.17, 15) is 24.3 Å². The number of aromatic nitrogens is 1. The molecular formula is C19H25N5O6S3. The molecule has 3 heterocycles. The number of ether oxygens (including phenoxy) is 1. The van der Waals surface area contributed by atoms with Gasteiger partial charge in [-0.3, -0.25) is 14.5 Å². The zero-order valence-corrected chi connectivity index (χ0v) is 20.9. The lowest BCUT2D eigenvalue weighted by Crippen LogP contribution is -2.71. The van der Waals surface area contributed by atoms with Crippen molar-refractivity contribution >= 4 is 63.9 Å². The smallest absolute Gasteiger partial charge is 0.408 e. The molecule has 2 aliphatic heterocycles. The summed E-state index contributed by atoms with van der Waals surface area (Å²) in [5.41, 5.74) is 5.73. The highest BCUT2D eigenvalue weighted by Crippen LogP contribution is 2.41. The predicted molar refractivity (Wildman–Crippen MR) is 127 cm³/mol. The maximum Gasteiger partial charge on any atom is 0.408 e. The maximum absolute atomic E-state index is 13.1. The second kappa shape index (κ2) is 9.81. The molecular weight excluding hydrogens is 490 g/mol. The summed E-state index contributed by atoms with van der Waals surface area (Å²) in [5.74, 6) is -1.45. The quantitative estimate of drug-likeness (QED) is 0.390. The van der Waals surface area contributed by atoms with Crippen LogP contribution in [0.3, 0.4) is 0 Å². The van der Waals surface area contributed by atoms with Crippen LogP contribution in [0.15, 0.2) is 16.7 Å². The van der Waals surface area contributed by atoms with Crippen LogP contribution in [0.4, 0.5) is 9.93 Å². The highest BCUT2D eigenvalue weighted by Gasteiger charge is 2.54. The molecule has 3 atom stereocenters. The monoisotopic (exact) mass is 515 g/mol. The number of thiazole rings is 1. The molecule has 14 heteroatoms. The van der Waals surface area contributed by atoms with Crippen molar-refractivity contribution < 1.29 is 29.0 Å². The molecule has 1 fully saturated rings. The third kappa shape index (κ3) is 5.55. The van der Waals surface area contributed by atoms with Crippen molar-refractivity contribution in [2.24, 2.45) is 0 Å². The predicted octanol–water partition coefficient (Wildman–Crippen LogP) is 1.39. The summed E-state index contributed by atoms with van der Waals surface area (Å²) in [6, 6.07) is -2.18. The summed E-state index contributed by atoms with van der Waals surface area (Å²) < 4.78 is 5.24. The van der Waals surface area contributed by atoms with Crippen molar-refractivity contribution in [3.63, 3.8) is 0 Å². The standard InChI is InChI=1S/C19H25N5O6S3/c1-19(2,3)30-18(29)23-10(9-7-33-17(20)21-9)13(25)22-11-14(26)24-12(16(27)28)8(5-31-4)6-32-15(11)24/h7,10-11,15H,5-6H2,1-4H3,(H2,20,21)(H,22,25)(H,23,29)(H,27,28)/t10?,11?,15-/m0/s1. The number of aliphatic carboxylic acids is 1. The number of fused-ring (bicyclic) bond motifs is 1. The van der Waals surface area contributed by atoms with Gasteiger partial charge in [0.15, 0.2) is 11.2 Å². The first-order valence-corrected chi connectivity index (χ1v) is 13.1. The van der Waals surface area contributed by atoms with Gasteiger partial charge in [0.2, 0.25) is 5.91 Å². The van der Waals surface area contributed by atoms with Crippen LogP contribution in [-0.2, 0) is 19.1 Å². The first-order chi connectivity index (χ1) is 15.4. The van der Waals surface area contributed by atoms with Crippen LogP contribution in [0.2, 0.25) is 0 Å². The van der Waals surface area contributed by atoms with Crippen molar-refractivity contribution in [2.75, 3.05) is 23.5 Å². The Morgan fingerprint density at radius 2 is 2.12 bits per heavy atom. The number of alkyl carbamates (subject to hydrolysis) is 1. The van der Waals surface area contributed by atoms with Crippen molar-refractivity contribution in [3.05, 3.63) is 22.3 Å². The fourth-order valence-electron chi connectivity index (χ4n) is 3.34. The molecule has 0 bridgehead atoms. The molecule has 1 aromatic rings. The summed E-state index contributed by atoms with van der Waals surface area (Å²) in [4.78, 5) is 55.3. The number of nitrogens with one attached hydrogen (secondary N) is 2. The normalized spacial score (nSPS) is 21.1. The number of anilines is 1. The summed E-state index contributed by atoms with van der Waals surface area (Å²) in [5, 5.41) is 15.9. The van der Waals surface area contributed by atoms with Gasteiger partial charge >= 0.3 is 12.1 Å². The van der Waals surface area contributed by atoms with Crippen molar-refractivity contribution in [3.8, 4) is 0 Å². The summed E-state index contributed by atoms with van der Waals surface area (Å²) >= 11 is 3.95. The number of nitrogens with two attached hydrogens (primary N) is 1. The molecule has 5 N–H and O–H groups in total. The van der Waals surface area contributed by atoms with Crippen LogP contribution < -0.4 is 16.4 Å². The van der Waals surface area contributed by atoms with Gasteiger partial charge in [-0.1, -0.05) is 0 Å². The molecule has 2 aliphatic rings. The minimum absolute atomic E-state index is 0.0284. The van der Waals surface area contributed by atoms with Gasteiger partial charge in [-0.05, 0) is 32.6 Å². The first-order valence-electron chi connectivity index (χ1n) is 9.82. The lowest BCUT2D eigenvalue weighted by molar-refractivity contribution is -0.151. The van der Waals surface area contributed by atoms with Crippen LogP contribution in [0.1, 0.15) is 32.5 Å². The molecule has 3 amide bonds. The fraction of sp³-hybridized carbons (Fsp3) is 0.526. The molecule has 0 aliphatic carbocycles. The van der Waals surface area contributed by atoms with E-state index in [0.29, 0.717) is 17.1 Å². The van der Waals surface area contributed by atoms with Gasteiger partial charge in [0, 0.05) is 16.9 Å². The second-order valence-electron chi connectivity index (χ2n) is 8.28. The maximum atomic E-state index is 13.1. The van der Waals surface area contributed by atoms with E-state index in [1.807, 2.05) is 6.26 Å². The molecule has 3 rings (SSSR count). The van der Waals surface area contributed by atoms with Crippen LogP contribution >= 0.6 is 34.9 Å². The minimum atomic E-state index is -1.25. The average molecular weight is 516 g/mol. The van der Waals surface area contributed by atoms with Crippen molar-refractivity contribution in [1.82, 2.24) is 20.5 Å². The van der Waals surface area contributed by atoms with Crippen molar-refractivity contribution in [2.45, 2.75) is 43.8 Å². The number of nitrogens with zero attached hydrogens (tertiary/aromatic N) is 2. The largest absolute Gasteiger partial charge is 0.477 e. The van der Waals surface area contributed by atoms with Gasteiger partial charge < -0.3 is 26.2 Å². The Kier molecular flexibility index (Phi) is 7.49. The molecule has 0 saturated carbocycles. The average Bonchev–Trinajstić information content (AvgIpc) is 3.14. The van der Waals surface area contributed by atoms with E-state index in [-0.39, 0.29) is 16.5 Å². The van der Waals surface area contributed by atoms with Crippen LogP contribution in [0, 0.1) is 0 Å². The zero-order valence-electron chi connectivity index (χ0n) is 18.4. The van der Waals surface area contributed by atoms with Crippen molar-refractivity contribution in [1.29, 1.82) is 0 Å². The molecule has 11 nitrogen and oxygen atoms in total. The molecule has 1 saturated heterocycles. The number of carboxylic acids is 1. The molecule has 33 heavy (non-hydrogen) atoms. The molecule has 2 unspecified atom stereocenters. The highest BCUT2D eigenvalue weighted by atomic mass is 32.2. The third-order valence-corrected chi connectivity index (χ3v) is 7.29. The molecule has 0 aromatic carbocycles. The van der Waals surface area contributed by atoms with E-state index in [0.717, 1.165) is 11.3 Å². The SMILES string of the molecule is CSCC1=C(C(=O)O)N2C(=O)C(NC(=O)C(NC(=O)OC(C)(C)C)c3csc(N)n3)[C@@H]2SC1. The number of hydrogen-bond acceptors (Lipinski definition) is 10. The number of carbonyl (C=O) groups is 4. The number of carbonyl (C=O) groups excluding carboxylic acids is 3. The van der Waals surface area contributed by atoms with E-state index in [1.54, 1.807) is 20.8 Å². The number of rotatable bonds is 7. The van der Waals surface area contributed by atoms with E-state index < -0.39 is 46.9 Å². The Labute approximate surface area is 202 Å². The van der Waals surface area contributed by atoms with Crippen LogP contribution in [-0.4, -0.2) is 73.6 Å². The van der Waals surface area contributed by atoms with E-state index in [4.69, 9.17) is 10.5 Å². The lowest BCUT2D eigenvalue weighted by atomic mass is 10.0. The van der Waals surface area contributed by atoms with Gasteiger partial charge in [-0.2, -0.15) is 11.8 Å². The Balaban J connectivity index is 1.77.